The number of benzene rings is 1. The van der Waals surface area contributed by atoms with Gasteiger partial charge >= 0.3 is 6.09 Å². The molecule has 0 spiro atoms. The number of aliphatic hydroxyl groups excluding tert-OH is 1. The number of ether oxygens (including phenoxy) is 1. The number of hydrogen-bond donors (Lipinski definition) is 1. The molecule has 1 unspecified atom stereocenters. The summed E-state index contributed by atoms with van der Waals surface area (Å²) in [5.74, 6) is -0.509. The van der Waals surface area contributed by atoms with E-state index < -0.39 is 29.9 Å². The maximum Gasteiger partial charge on any atom is 0.410 e. The lowest BCUT2D eigenvalue weighted by Gasteiger charge is -2.38. The molecule has 202 valence electrons. The highest BCUT2D eigenvalue weighted by molar-refractivity contribution is 6.49. The topological polar surface area (TPSA) is 93.6 Å². The van der Waals surface area contributed by atoms with Crippen molar-refractivity contribution in [2.75, 3.05) is 37.6 Å². The molecule has 3 aliphatic heterocycles. The van der Waals surface area contributed by atoms with Crippen molar-refractivity contribution >= 4 is 46.8 Å². The third-order valence-electron chi connectivity index (χ3n) is 6.97. The Morgan fingerprint density at radius 2 is 1.78 bits per heavy atom. The first-order chi connectivity index (χ1) is 17.4. The highest BCUT2D eigenvalue weighted by atomic mass is 35.5. The fraction of sp³-hybridized carbons (Fsp3) is 0.577. The molecular weight excluding hydrogens is 519 g/mol. The zero-order valence-electron chi connectivity index (χ0n) is 21.7. The molecule has 0 aliphatic carbocycles. The zero-order chi connectivity index (χ0) is 27.1. The van der Waals surface area contributed by atoms with Crippen LogP contribution in [0.15, 0.2) is 28.3 Å². The lowest BCUT2D eigenvalue weighted by molar-refractivity contribution is -0.136. The number of carbonyl (C=O) groups is 3. The second-order valence-electron chi connectivity index (χ2n) is 10.7. The molecule has 1 N–H and O–H groups in total. The number of aliphatic hydroxyl groups is 1. The van der Waals surface area contributed by atoms with E-state index in [0.29, 0.717) is 39.1 Å². The summed E-state index contributed by atoms with van der Waals surface area (Å²) in [7, 11) is 0. The number of hydrogen-bond acceptors (Lipinski definition) is 6. The first kappa shape index (κ1) is 27.5. The van der Waals surface area contributed by atoms with Gasteiger partial charge in [0.25, 0.3) is 5.91 Å². The second kappa shape index (κ2) is 10.7. The zero-order valence-corrected chi connectivity index (χ0v) is 23.2. The van der Waals surface area contributed by atoms with Gasteiger partial charge in [0.1, 0.15) is 16.7 Å². The molecular formula is C26H34Cl2N4O5. The highest BCUT2D eigenvalue weighted by Gasteiger charge is 2.39. The van der Waals surface area contributed by atoms with Crippen LogP contribution >= 0.6 is 23.2 Å². The molecule has 1 aromatic rings. The number of rotatable bonds is 4. The SMILES string of the molecule is Cc1cc(N2CCN(C(=O)[C@@H]3CCCN3C(=O)OC(C)(C)C)CC2)ccc1CN1C(=O)C(Cl)=C(Cl)C1O. The van der Waals surface area contributed by atoms with Crippen LogP contribution < -0.4 is 4.90 Å². The lowest BCUT2D eigenvalue weighted by atomic mass is 10.1. The van der Waals surface area contributed by atoms with Crippen molar-refractivity contribution < 1.29 is 24.2 Å². The Morgan fingerprint density at radius 3 is 2.35 bits per heavy atom. The molecule has 37 heavy (non-hydrogen) atoms. The predicted octanol–water partition coefficient (Wildman–Crippen LogP) is 3.39. The van der Waals surface area contributed by atoms with Gasteiger partial charge in [0.15, 0.2) is 6.23 Å². The molecule has 0 bridgehead atoms. The highest BCUT2D eigenvalue weighted by Crippen LogP contribution is 2.32. The van der Waals surface area contributed by atoms with E-state index in [1.165, 1.54) is 4.90 Å². The van der Waals surface area contributed by atoms with Crippen LogP contribution in [-0.2, 0) is 20.9 Å². The van der Waals surface area contributed by atoms with Crippen LogP contribution in [0.1, 0.15) is 44.7 Å². The van der Waals surface area contributed by atoms with Crippen molar-refractivity contribution in [1.82, 2.24) is 14.7 Å². The van der Waals surface area contributed by atoms with Gasteiger partial charge in [0, 0.05) is 45.0 Å². The van der Waals surface area contributed by atoms with Gasteiger partial charge in [0.05, 0.1) is 5.03 Å². The third-order valence-corrected chi connectivity index (χ3v) is 7.82. The molecule has 3 aliphatic rings. The summed E-state index contributed by atoms with van der Waals surface area (Å²) in [5.41, 5.74) is 2.26. The first-order valence-corrected chi connectivity index (χ1v) is 13.3. The van der Waals surface area contributed by atoms with Crippen LogP contribution in [0, 0.1) is 6.92 Å². The molecule has 4 rings (SSSR count). The molecule has 9 nitrogen and oxygen atoms in total. The summed E-state index contributed by atoms with van der Waals surface area (Å²) in [4.78, 5) is 45.0. The minimum absolute atomic E-state index is 0.0192. The fourth-order valence-electron chi connectivity index (χ4n) is 4.94. The van der Waals surface area contributed by atoms with Crippen LogP contribution in [0.2, 0.25) is 0 Å². The average molecular weight is 553 g/mol. The largest absolute Gasteiger partial charge is 0.444 e. The minimum Gasteiger partial charge on any atom is -0.444 e. The number of carbonyl (C=O) groups excluding carboxylic acids is 3. The summed E-state index contributed by atoms with van der Waals surface area (Å²) in [6, 6.07) is 5.48. The van der Waals surface area contributed by atoms with Crippen LogP contribution in [0.25, 0.3) is 0 Å². The van der Waals surface area contributed by atoms with Crippen LogP contribution in [-0.4, -0.2) is 88.3 Å². The van der Waals surface area contributed by atoms with Gasteiger partial charge < -0.3 is 24.5 Å². The smallest absolute Gasteiger partial charge is 0.410 e. The maximum absolute atomic E-state index is 13.3. The van der Waals surface area contributed by atoms with E-state index in [9.17, 15) is 19.5 Å². The van der Waals surface area contributed by atoms with Crippen LogP contribution in [0.3, 0.4) is 0 Å². The standard InChI is InChI=1S/C26H34Cl2N4O5/c1-16-14-18(8-7-17(16)15-32-23(34)20(27)21(28)24(32)35)29-10-12-30(13-11-29)22(33)19-6-5-9-31(19)25(36)37-26(2,3)4/h7-8,14,19,23,34H,5-6,9-13,15H2,1-4H3/t19-,23?/m0/s1. The molecule has 2 fully saturated rings. The van der Waals surface area contributed by atoms with Gasteiger partial charge in [0.2, 0.25) is 5.91 Å². The van der Waals surface area contributed by atoms with E-state index in [4.69, 9.17) is 27.9 Å². The summed E-state index contributed by atoms with van der Waals surface area (Å²) >= 11 is 11.8. The normalized spacial score (nSPS) is 22.8. The summed E-state index contributed by atoms with van der Waals surface area (Å²) in [5, 5.41) is 10.0. The number of halogens is 2. The first-order valence-electron chi connectivity index (χ1n) is 12.5. The molecule has 0 saturated carbocycles. The average Bonchev–Trinajstić information content (AvgIpc) is 3.41. The molecule has 2 saturated heterocycles. The molecule has 3 amide bonds. The number of amides is 3. The van der Waals surface area contributed by atoms with Crippen molar-refractivity contribution in [1.29, 1.82) is 0 Å². The second-order valence-corrected chi connectivity index (χ2v) is 11.5. The predicted molar refractivity (Wildman–Crippen MR) is 141 cm³/mol. The van der Waals surface area contributed by atoms with Crippen LogP contribution in [0.5, 0.6) is 0 Å². The van der Waals surface area contributed by atoms with E-state index in [1.54, 1.807) is 4.90 Å². The number of likely N-dealkylation sites (tertiary alicyclic amines) is 1. The number of piperazine rings is 1. The molecule has 0 aromatic heterocycles. The number of anilines is 1. The molecule has 2 atom stereocenters. The van der Waals surface area contributed by atoms with E-state index in [2.05, 4.69) is 4.90 Å². The van der Waals surface area contributed by atoms with Crippen molar-refractivity contribution in [3.63, 3.8) is 0 Å². The third kappa shape index (κ3) is 5.84. The van der Waals surface area contributed by atoms with Gasteiger partial charge in [-0.05, 0) is 63.8 Å². The van der Waals surface area contributed by atoms with Gasteiger partial charge in [-0.3, -0.25) is 14.5 Å². The summed E-state index contributed by atoms with van der Waals surface area (Å²) in [6.45, 7) is 10.6. The molecule has 1 aromatic carbocycles. The van der Waals surface area contributed by atoms with Crippen molar-refractivity contribution in [3.8, 4) is 0 Å². The summed E-state index contributed by atoms with van der Waals surface area (Å²) in [6.07, 6.45) is -0.229. The van der Waals surface area contributed by atoms with E-state index in [0.717, 1.165) is 23.2 Å². The van der Waals surface area contributed by atoms with Crippen molar-refractivity contribution in [3.05, 3.63) is 39.4 Å². The van der Waals surface area contributed by atoms with Crippen molar-refractivity contribution in [2.45, 2.75) is 65.0 Å². The van der Waals surface area contributed by atoms with Gasteiger partial charge in [-0.25, -0.2) is 4.79 Å². The van der Waals surface area contributed by atoms with Crippen LogP contribution in [0.4, 0.5) is 10.5 Å². The minimum atomic E-state index is -1.24. The molecule has 3 heterocycles. The van der Waals surface area contributed by atoms with Crippen molar-refractivity contribution in [2.24, 2.45) is 0 Å². The van der Waals surface area contributed by atoms with E-state index >= 15 is 0 Å². The Kier molecular flexibility index (Phi) is 7.97. The monoisotopic (exact) mass is 552 g/mol. The Morgan fingerprint density at radius 1 is 1.11 bits per heavy atom. The fourth-order valence-corrected chi connectivity index (χ4v) is 5.35. The molecule has 0 radical (unpaired) electrons. The molecule has 11 heteroatoms. The lowest BCUT2D eigenvalue weighted by Crippen LogP contribution is -2.55. The van der Waals surface area contributed by atoms with Gasteiger partial charge in [-0.2, -0.15) is 0 Å². The Bertz CT molecular complexity index is 1110. The maximum atomic E-state index is 13.3. The van der Waals surface area contributed by atoms with Gasteiger partial charge in [-0.15, -0.1) is 0 Å². The number of aryl methyl sites for hydroxylation is 1. The van der Waals surface area contributed by atoms with E-state index in [-0.39, 0.29) is 22.5 Å². The Labute approximate surface area is 227 Å². The Balaban J connectivity index is 1.34. The quantitative estimate of drug-likeness (QED) is 0.615. The van der Waals surface area contributed by atoms with Gasteiger partial charge in [-0.1, -0.05) is 29.3 Å². The van der Waals surface area contributed by atoms with E-state index in [1.807, 2.05) is 50.8 Å². The Hall–Kier alpha value is -2.49. The summed E-state index contributed by atoms with van der Waals surface area (Å²) < 4.78 is 5.51. The number of nitrogens with zero attached hydrogens (tertiary/aromatic N) is 4.